The predicted molar refractivity (Wildman–Crippen MR) is 145 cm³/mol. The number of hydrogen-bond donors (Lipinski definition) is 1. The highest BCUT2D eigenvalue weighted by Crippen LogP contribution is 2.28. The van der Waals surface area contributed by atoms with Crippen LogP contribution in [0.4, 0.5) is 5.69 Å². The highest BCUT2D eigenvalue weighted by Gasteiger charge is 2.19. The number of ether oxygens (including phenoxy) is 1. The molecule has 9 nitrogen and oxygen atoms in total. The van der Waals surface area contributed by atoms with Gasteiger partial charge in [-0.3, -0.25) is 15.1 Å². The molecule has 1 aliphatic rings. The number of pyridine rings is 1. The van der Waals surface area contributed by atoms with Crippen molar-refractivity contribution < 1.29 is 14.1 Å². The Morgan fingerprint density at radius 2 is 1.95 bits per heavy atom. The van der Waals surface area contributed by atoms with Gasteiger partial charge in [-0.1, -0.05) is 24.3 Å². The summed E-state index contributed by atoms with van der Waals surface area (Å²) in [7, 11) is 0. The average Bonchev–Trinajstić information content (AvgIpc) is 2.95. The van der Waals surface area contributed by atoms with Gasteiger partial charge in [0.05, 0.1) is 23.0 Å². The van der Waals surface area contributed by atoms with Crippen LogP contribution in [-0.2, 0) is 6.54 Å². The topological polar surface area (TPSA) is 111 Å². The van der Waals surface area contributed by atoms with E-state index in [4.69, 9.17) is 9.15 Å². The molecule has 196 valence electrons. The minimum absolute atomic E-state index is 0.125. The number of rotatable bonds is 10. The summed E-state index contributed by atoms with van der Waals surface area (Å²) in [6.45, 7) is 4.03. The van der Waals surface area contributed by atoms with Crippen molar-refractivity contribution in [3.05, 3.63) is 99.2 Å². The molecular formula is C29H30N4O5. The number of aromatic nitrogens is 1. The quantitative estimate of drug-likeness (QED) is 0.139. The van der Waals surface area contributed by atoms with Crippen molar-refractivity contribution >= 4 is 16.7 Å². The fraction of sp³-hybridized carbons (Fsp3) is 0.310. The molecule has 1 aliphatic heterocycles. The first-order chi connectivity index (χ1) is 18.5. The lowest BCUT2D eigenvalue weighted by molar-refractivity contribution is -0.384. The summed E-state index contributed by atoms with van der Waals surface area (Å²) in [6, 6.07) is 18.2. The number of piperidine rings is 1. The monoisotopic (exact) mass is 514 g/mol. The van der Waals surface area contributed by atoms with Crippen LogP contribution in [0.15, 0.2) is 82.3 Å². The molecule has 1 N–H and O–H groups in total. The summed E-state index contributed by atoms with van der Waals surface area (Å²) < 4.78 is 11.5. The Morgan fingerprint density at radius 3 is 2.74 bits per heavy atom. The van der Waals surface area contributed by atoms with Crippen molar-refractivity contribution in [3.63, 3.8) is 0 Å². The van der Waals surface area contributed by atoms with Crippen molar-refractivity contribution in [2.24, 2.45) is 0 Å². The summed E-state index contributed by atoms with van der Waals surface area (Å²) in [6.07, 6.45) is 6.40. The second-order valence-corrected chi connectivity index (χ2v) is 9.51. The number of nitro benzene ring substituents is 1. The Balaban J connectivity index is 1.08. The highest BCUT2D eigenvalue weighted by atomic mass is 16.6. The van der Waals surface area contributed by atoms with E-state index in [2.05, 4.69) is 15.2 Å². The number of hydrogen-bond acceptors (Lipinski definition) is 8. The van der Waals surface area contributed by atoms with Gasteiger partial charge in [0.25, 0.3) is 5.69 Å². The van der Waals surface area contributed by atoms with Crippen molar-refractivity contribution in [3.8, 4) is 16.9 Å². The molecule has 0 saturated carbocycles. The van der Waals surface area contributed by atoms with Crippen LogP contribution >= 0.6 is 0 Å². The van der Waals surface area contributed by atoms with Gasteiger partial charge >= 0.3 is 5.63 Å². The summed E-state index contributed by atoms with van der Waals surface area (Å²) in [4.78, 5) is 29.3. The van der Waals surface area contributed by atoms with Gasteiger partial charge in [0.1, 0.15) is 11.3 Å². The smallest absolute Gasteiger partial charge is 0.339 e. The van der Waals surface area contributed by atoms with Crippen LogP contribution in [0.3, 0.4) is 0 Å². The van der Waals surface area contributed by atoms with E-state index in [-0.39, 0.29) is 10.6 Å². The van der Waals surface area contributed by atoms with E-state index in [1.165, 1.54) is 12.1 Å². The normalized spacial score (nSPS) is 14.5. The van der Waals surface area contributed by atoms with Crippen molar-refractivity contribution in [2.45, 2.75) is 31.8 Å². The summed E-state index contributed by atoms with van der Waals surface area (Å²) >= 11 is 0. The van der Waals surface area contributed by atoms with Gasteiger partial charge in [-0.2, -0.15) is 0 Å². The van der Waals surface area contributed by atoms with E-state index in [1.54, 1.807) is 24.5 Å². The lowest BCUT2D eigenvalue weighted by Crippen LogP contribution is -2.42. The molecule has 0 bridgehead atoms. The molecule has 5 rings (SSSR count). The standard InChI is InChI=1S/C29H30N4O5/c34-29-18-27(26-8-7-22(17-28(26)38-29)23-5-2-11-30-20-23)37-15-3-12-32-13-9-24(10-14-32)31-19-21-4-1-6-25(16-21)33(35)36/h1-2,4-8,11,16-18,20,24,31H,3,9-10,12-15,19H2. The molecule has 0 radical (unpaired) electrons. The van der Waals surface area contributed by atoms with Crippen LogP contribution in [0.25, 0.3) is 22.1 Å². The minimum atomic E-state index is -0.435. The van der Waals surface area contributed by atoms with Gasteiger partial charge in [-0.25, -0.2) is 4.79 Å². The largest absolute Gasteiger partial charge is 0.492 e. The summed E-state index contributed by atoms with van der Waals surface area (Å²) in [5.41, 5.74) is 2.99. The first-order valence-electron chi connectivity index (χ1n) is 12.9. The number of fused-ring (bicyclic) bond motifs is 1. The van der Waals surface area contributed by atoms with Gasteiger partial charge in [0.2, 0.25) is 0 Å². The van der Waals surface area contributed by atoms with Gasteiger partial charge in [0.15, 0.2) is 0 Å². The summed E-state index contributed by atoms with van der Waals surface area (Å²) in [5, 5.41) is 15.3. The third-order valence-electron chi connectivity index (χ3n) is 6.88. The van der Waals surface area contributed by atoms with E-state index in [0.29, 0.717) is 30.5 Å². The Labute approximate surface area is 220 Å². The van der Waals surface area contributed by atoms with Crippen molar-refractivity contribution in [1.29, 1.82) is 0 Å². The molecule has 0 unspecified atom stereocenters. The second-order valence-electron chi connectivity index (χ2n) is 9.51. The maximum atomic E-state index is 12.2. The van der Waals surface area contributed by atoms with Gasteiger partial charge in [0, 0.05) is 49.2 Å². The lowest BCUT2D eigenvalue weighted by Gasteiger charge is -2.32. The maximum Gasteiger partial charge on any atom is 0.339 e. The average molecular weight is 515 g/mol. The Kier molecular flexibility index (Phi) is 8.06. The minimum Gasteiger partial charge on any atom is -0.492 e. The van der Waals surface area contributed by atoms with E-state index >= 15 is 0 Å². The number of non-ortho nitro benzene ring substituents is 1. The Morgan fingerprint density at radius 1 is 1.08 bits per heavy atom. The van der Waals surface area contributed by atoms with E-state index in [0.717, 1.165) is 61.0 Å². The number of nitrogens with zero attached hydrogens (tertiary/aromatic N) is 3. The molecule has 9 heteroatoms. The number of benzene rings is 2. The lowest BCUT2D eigenvalue weighted by atomic mass is 10.0. The predicted octanol–water partition coefficient (Wildman–Crippen LogP) is 4.79. The van der Waals surface area contributed by atoms with Crippen LogP contribution < -0.4 is 15.7 Å². The SMILES string of the molecule is O=c1cc(OCCCN2CCC(NCc3cccc([N+](=O)[O-])c3)CC2)c2ccc(-c3cccnc3)cc2o1. The zero-order chi connectivity index (χ0) is 26.3. The summed E-state index contributed by atoms with van der Waals surface area (Å²) in [5.74, 6) is 0.540. The van der Waals surface area contributed by atoms with Gasteiger partial charge in [-0.15, -0.1) is 0 Å². The van der Waals surface area contributed by atoms with E-state index in [1.807, 2.05) is 36.4 Å². The van der Waals surface area contributed by atoms with E-state index in [9.17, 15) is 14.9 Å². The molecule has 3 heterocycles. The van der Waals surface area contributed by atoms with Gasteiger partial charge in [-0.05, 0) is 61.7 Å². The number of nitro groups is 1. The molecule has 4 aromatic rings. The van der Waals surface area contributed by atoms with Gasteiger partial charge < -0.3 is 19.4 Å². The zero-order valence-electron chi connectivity index (χ0n) is 21.0. The Hall–Kier alpha value is -4.08. The zero-order valence-corrected chi connectivity index (χ0v) is 21.0. The number of nitrogens with one attached hydrogen (secondary N) is 1. The first kappa shape index (κ1) is 25.6. The molecule has 0 amide bonds. The molecule has 2 aromatic carbocycles. The second kappa shape index (κ2) is 12.0. The molecule has 0 spiro atoms. The van der Waals surface area contributed by atoms with E-state index < -0.39 is 5.63 Å². The fourth-order valence-corrected chi connectivity index (χ4v) is 4.84. The molecular weight excluding hydrogens is 484 g/mol. The van der Waals surface area contributed by atoms with Crippen molar-refractivity contribution in [1.82, 2.24) is 15.2 Å². The Bertz CT molecular complexity index is 1450. The third-order valence-corrected chi connectivity index (χ3v) is 6.88. The molecule has 0 atom stereocenters. The third kappa shape index (κ3) is 6.42. The van der Waals surface area contributed by atoms with Crippen LogP contribution in [0.5, 0.6) is 5.75 Å². The highest BCUT2D eigenvalue weighted by molar-refractivity contribution is 5.87. The van der Waals surface area contributed by atoms with Crippen LogP contribution in [0.1, 0.15) is 24.8 Å². The number of likely N-dealkylation sites (tertiary alicyclic amines) is 1. The van der Waals surface area contributed by atoms with Crippen LogP contribution in [-0.4, -0.2) is 47.1 Å². The fourth-order valence-electron chi connectivity index (χ4n) is 4.84. The van der Waals surface area contributed by atoms with Crippen molar-refractivity contribution in [2.75, 3.05) is 26.2 Å². The molecule has 0 aliphatic carbocycles. The maximum absolute atomic E-state index is 12.2. The molecule has 1 saturated heterocycles. The molecule has 2 aromatic heterocycles. The molecule has 1 fully saturated rings. The molecule has 38 heavy (non-hydrogen) atoms. The first-order valence-corrected chi connectivity index (χ1v) is 12.9. The van der Waals surface area contributed by atoms with Crippen LogP contribution in [0.2, 0.25) is 0 Å². The van der Waals surface area contributed by atoms with Crippen LogP contribution in [0, 0.1) is 10.1 Å².